The van der Waals surface area contributed by atoms with Crippen molar-refractivity contribution in [2.75, 3.05) is 11.9 Å². The molecular formula is C29H37N3O5. The lowest BCUT2D eigenvalue weighted by Crippen LogP contribution is -2.54. The van der Waals surface area contributed by atoms with Crippen LogP contribution in [0.25, 0.3) is 6.08 Å². The SMILES string of the molecule is C=Cc1cccc(C(C(=O)Nc2c(C)cccc2C)N(C(=O)C(CO)NC(=O)OC(C)(C)C)C2CC2)c1. The van der Waals surface area contributed by atoms with Crippen LogP contribution in [0.15, 0.2) is 49.0 Å². The number of rotatable bonds is 9. The fourth-order valence-corrected chi connectivity index (χ4v) is 4.18. The van der Waals surface area contributed by atoms with E-state index in [9.17, 15) is 19.5 Å². The number of nitrogens with zero attached hydrogens (tertiary/aromatic N) is 1. The average molecular weight is 508 g/mol. The van der Waals surface area contributed by atoms with Gasteiger partial charge in [0.1, 0.15) is 17.7 Å². The fourth-order valence-electron chi connectivity index (χ4n) is 4.18. The van der Waals surface area contributed by atoms with Crippen molar-refractivity contribution in [1.82, 2.24) is 10.2 Å². The van der Waals surface area contributed by atoms with E-state index in [4.69, 9.17) is 4.74 Å². The molecule has 3 rings (SSSR count). The fraction of sp³-hybridized carbons (Fsp3) is 0.414. The Hall–Kier alpha value is -3.65. The zero-order valence-electron chi connectivity index (χ0n) is 22.2. The summed E-state index contributed by atoms with van der Waals surface area (Å²) in [5.41, 5.74) is 3.12. The number of benzene rings is 2. The Balaban J connectivity index is 2.01. The smallest absolute Gasteiger partial charge is 0.408 e. The average Bonchev–Trinajstić information content (AvgIpc) is 3.67. The van der Waals surface area contributed by atoms with Gasteiger partial charge in [-0.15, -0.1) is 0 Å². The summed E-state index contributed by atoms with van der Waals surface area (Å²) in [6.07, 6.45) is 2.28. The maximum atomic E-state index is 13.9. The highest BCUT2D eigenvalue weighted by Gasteiger charge is 2.44. The number of para-hydroxylation sites is 1. The van der Waals surface area contributed by atoms with E-state index < -0.39 is 36.3 Å². The third-order valence-electron chi connectivity index (χ3n) is 6.08. The van der Waals surface area contributed by atoms with Crippen LogP contribution in [0.1, 0.15) is 61.9 Å². The highest BCUT2D eigenvalue weighted by Crippen LogP contribution is 2.37. The van der Waals surface area contributed by atoms with Gasteiger partial charge in [-0.3, -0.25) is 9.59 Å². The van der Waals surface area contributed by atoms with E-state index in [0.29, 0.717) is 24.1 Å². The quantitative estimate of drug-likeness (QED) is 0.463. The van der Waals surface area contributed by atoms with Crippen molar-refractivity contribution in [3.8, 4) is 0 Å². The Morgan fingerprint density at radius 3 is 2.30 bits per heavy atom. The molecule has 1 saturated carbocycles. The van der Waals surface area contributed by atoms with E-state index in [0.717, 1.165) is 16.7 Å². The molecule has 2 unspecified atom stereocenters. The first-order valence-corrected chi connectivity index (χ1v) is 12.5. The summed E-state index contributed by atoms with van der Waals surface area (Å²) in [7, 11) is 0. The van der Waals surface area contributed by atoms with Crippen LogP contribution in [-0.4, -0.2) is 52.2 Å². The predicted octanol–water partition coefficient (Wildman–Crippen LogP) is 4.50. The number of hydrogen-bond donors (Lipinski definition) is 3. The second kappa shape index (κ2) is 11.6. The summed E-state index contributed by atoms with van der Waals surface area (Å²) < 4.78 is 5.28. The van der Waals surface area contributed by atoms with E-state index in [-0.39, 0.29) is 11.9 Å². The van der Waals surface area contributed by atoms with Gasteiger partial charge in [-0.1, -0.05) is 49.1 Å². The van der Waals surface area contributed by atoms with Gasteiger partial charge >= 0.3 is 6.09 Å². The minimum absolute atomic E-state index is 0.205. The van der Waals surface area contributed by atoms with Crippen LogP contribution in [0.3, 0.4) is 0 Å². The molecule has 0 aliphatic heterocycles. The molecule has 1 fully saturated rings. The number of nitrogens with one attached hydrogen (secondary N) is 2. The highest BCUT2D eigenvalue weighted by atomic mass is 16.6. The molecule has 0 bridgehead atoms. The summed E-state index contributed by atoms with van der Waals surface area (Å²) >= 11 is 0. The third kappa shape index (κ3) is 7.20. The highest BCUT2D eigenvalue weighted by molar-refractivity contribution is 6.00. The maximum absolute atomic E-state index is 13.9. The summed E-state index contributed by atoms with van der Waals surface area (Å²) in [5, 5.41) is 15.5. The van der Waals surface area contributed by atoms with Crippen molar-refractivity contribution in [2.24, 2.45) is 0 Å². The number of carbonyl (C=O) groups is 3. The topological polar surface area (TPSA) is 108 Å². The number of amides is 3. The monoisotopic (exact) mass is 507 g/mol. The first-order chi connectivity index (χ1) is 17.4. The third-order valence-corrected chi connectivity index (χ3v) is 6.08. The second-order valence-electron chi connectivity index (χ2n) is 10.4. The molecular weight excluding hydrogens is 470 g/mol. The van der Waals surface area contributed by atoms with Crippen molar-refractivity contribution in [3.63, 3.8) is 0 Å². The van der Waals surface area contributed by atoms with Gasteiger partial charge in [0.25, 0.3) is 5.91 Å². The molecule has 0 radical (unpaired) electrons. The van der Waals surface area contributed by atoms with Crippen LogP contribution >= 0.6 is 0 Å². The lowest BCUT2D eigenvalue weighted by atomic mass is 9.99. The van der Waals surface area contributed by atoms with Gasteiger partial charge in [-0.25, -0.2) is 4.79 Å². The van der Waals surface area contributed by atoms with Crippen molar-refractivity contribution in [3.05, 3.63) is 71.3 Å². The van der Waals surface area contributed by atoms with E-state index in [1.165, 1.54) is 4.90 Å². The van der Waals surface area contributed by atoms with Crippen LogP contribution in [0.4, 0.5) is 10.5 Å². The first-order valence-electron chi connectivity index (χ1n) is 12.5. The molecule has 8 heteroatoms. The van der Waals surface area contributed by atoms with Gasteiger partial charge in [0.05, 0.1) is 6.61 Å². The van der Waals surface area contributed by atoms with E-state index in [2.05, 4.69) is 17.2 Å². The minimum Gasteiger partial charge on any atom is -0.444 e. The Morgan fingerprint density at radius 2 is 1.76 bits per heavy atom. The van der Waals surface area contributed by atoms with Crippen molar-refractivity contribution >= 4 is 29.7 Å². The van der Waals surface area contributed by atoms with Gasteiger partial charge in [-0.2, -0.15) is 0 Å². The number of aryl methyl sites for hydroxylation is 2. The summed E-state index contributed by atoms with van der Waals surface area (Å²) in [5.74, 6) is -0.936. The molecule has 3 N–H and O–H groups in total. The normalized spacial score (nSPS) is 14.8. The van der Waals surface area contributed by atoms with Crippen LogP contribution in [0.2, 0.25) is 0 Å². The van der Waals surface area contributed by atoms with Crippen molar-refractivity contribution in [2.45, 2.75) is 71.2 Å². The number of ether oxygens (including phenoxy) is 1. The molecule has 1 aliphatic carbocycles. The number of hydrogen-bond acceptors (Lipinski definition) is 5. The van der Waals surface area contributed by atoms with Crippen LogP contribution < -0.4 is 10.6 Å². The molecule has 198 valence electrons. The first kappa shape index (κ1) is 27.9. The van der Waals surface area contributed by atoms with Gasteiger partial charge < -0.3 is 25.4 Å². The largest absolute Gasteiger partial charge is 0.444 e. The van der Waals surface area contributed by atoms with Gasteiger partial charge in [0.15, 0.2) is 0 Å². The molecule has 37 heavy (non-hydrogen) atoms. The zero-order valence-corrected chi connectivity index (χ0v) is 22.2. The number of alkyl carbamates (subject to hydrolysis) is 1. The zero-order chi connectivity index (χ0) is 27.3. The van der Waals surface area contributed by atoms with E-state index in [1.54, 1.807) is 32.9 Å². The van der Waals surface area contributed by atoms with Gasteiger partial charge in [-0.05, 0) is 75.8 Å². The Bertz CT molecular complexity index is 1150. The molecule has 0 saturated heterocycles. The number of aliphatic hydroxyl groups is 1. The number of anilines is 1. The van der Waals surface area contributed by atoms with Crippen LogP contribution in [-0.2, 0) is 14.3 Å². The molecule has 0 aromatic heterocycles. The molecule has 1 aliphatic rings. The van der Waals surface area contributed by atoms with Crippen molar-refractivity contribution in [1.29, 1.82) is 0 Å². The molecule has 2 aromatic rings. The van der Waals surface area contributed by atoms with Crippen LogP contribution in [0.5, 0.6) is 0 Å². The molecule has 0 spiro atoms. The maximum Gasteiger partial charge on any atom is 0.408 e. The Labute approximate surface area is 218 Å². The summed E-state index contributed by atoms with van der Waals surface area (Å²) in [6, 6.07) is 10.5. The Morgan fingerprint density at radius 1 is 1.14 bits per heavy atom. The number of carbonyl (C=O) groups excluding carboxylic acids is 3. The molecule has 3 amide bonds. The van der Waals surface area contributed by atoms with Crippen molar-refractivity contribution < 1.29 is 24.2 Å². The molecule has 0 heterocycles. The predicted molar refractivity (Wildman–Crippen MR) is 144 cm³/mol. The summed E-state index contributed by atoms with van der Waals surface area (Å²) in [4.78, 5) is 41.6. The van der Waals surface area contributed by atoms with Gasteiger partial charge in [0.2, 0.25) is 5.91 Å². The van der Waals surface area contributed by atoms with E-state index in [1.807, 2.05) is 50.2 Å². The Kier molecular flexibility index (Phi) is 8.76. The molecule has 2 atom stereocenters. The standard InChI is InChI=1S/C29H37N3O5/c1-7-20-12-9-13-21(16-20)25(26(34)31-24-18(2)10-8-11-19(24)3)32(22-14-15-22)27(35)23(17-33)30-28(36)37-29(4,5)6/h7-13,16,22-23,25,33H,1,14-15,17H2,2-6H3,(H,30,36)(H,31,34). The molecule has 2 aromatic carbocycles. The summed E-state index contributed by atoms with van der Waals surface area (Å²) in [6.45, 7) is 12.1. The van der Waals surface area contributed by atoms with Crippen LogP contribution in [0, 0.1) is 13.8 Å². The minimum atomic E-state index is -1.27. The lowest BCUT2D eigenvalue weighted by Gasteiger charge is -2.34. The second-order valence-corrected chi connectivity index (χ2v) is 10.4. The van der Waals surface area contributed by atoms with E-state index >= 15 is 0 Å². The van der Waals surface area contributed by atoms with Gasteiger partial charge in [0, 0.05) is 11.7 Å². The molecule has 8 nitrogen and oxygen atoms in total. The number of aliphatic hydroxyl groups excluding tert-OH is 1. The lowest BCUT2D eigenvalue weighted by molar-refractivity contribution is -0.142.